The van der Waals surface area contributed by atoms with E-state index in [1.807, 2.05) is 48.5 Å². The number of rotatable bonds is 6. The lowest BCUT2D eigenvalue weighted by atomic mass is 9.98. The largest absolute Gasteiger partial charge is 0.481 e. The first-order valence-corrected chi connectivity index (χ1v) is 9.73. The SMILES string of the molecule is O=C(O)C[C@H](NC(=O)OCC1c2ccccc2-c2ccccc21)c1cccc(F)c1F. The molecule has 0 aromatic heterocycles. The van der Waals surface area contributed by atoms with Crippen molar-refractivity contribution < 1.29 is 28.2 Å². The molecule has 1 aliphatic rings. The number of alkyl carbamates (subject to hydrolysis) is 1. The molecule has 0 fully saturated rings. The number of amides is 1. The molecule has 1 aliphatic carbocycles. The van der Waals surface area contributed by atoms with Crippen molar-refractivity contribution in [2.45, 2.75) is 18.4 Å². The van der Waals surface area contributed by atoms with E-state index in [0.29, 0.717) is 0 Å². The molecule has 7 heteroatoms. The number of aliphatic carboxylic acids is 1. The van der Waals surface area contributed by atoms with Crippen LogP contribution in [-0.4, -0.2) is 23.8 Å². The van der Waals surface area contributed by atoms with Gasteiger partial charge in [-0.3, -0.25) is 4.79 Å². The molecule has 158 valence electrons. The first-order chi connectivity index (χ1) is 15.0. The fourth-order valence-corrected chi connectivity index (χ4v) is 3.99. The number of carbonyl (C=O) groups is 2. The van der Waals surface area contributed by atoms with Gasteiger partial charge in [0.1, 0.15) is 6.61 Å². The summed E-state index contributed by atoms with van der Waals surface area (Å²) in [5.74, 6) is -3.77. The van der Waals surface area contributed by atoms with Gasteiger partial charge in [0.05, 0.1) is 12.5 Å². The van der Waals surface area contributed by atoms with E-state index in [1.165, 1.54) is 12.1 Å². The average Bonchev–Trinajstić information content (AvgIpc) is 3.07. The maximum absolute atomic E-state index is 14.2. The van der Waals surface area contributed by atoms with Crippen molar-refractivity contribution in [2.24, 2.45) is 0 Å². The average molecular weight is 423 g/mol. The zero-order valence-electron chi connectivity index (χ0n) is 16.3. The second-order valence-electron chi connectivity index (χ2n) is 7.26. The Bertz CT molecular complexity index is 1100. The van der Waals surface area contributed by atoms with Gasteiger partial charge in [0, 0.05) is 11.5 Å². The summed E-state index contributed by atoms with van der Waals surface area (Å²) in [5, 5.41) is 11.5. The molecule has 1 atom stereocenters. The summed E-state index contributed by atoms with van der Waals surface area (Å²) >= 11 is 0. The number of ether oxygens (including phenoxy) is 1. The number of halogens is 2. The number of carboxylic acids is 1. The lowest BCUT2D eigenvalue weighted by Crippen LogP contribution is -2.32. The van der Waals surface area contributed by atoms with E-state index >= 15 is 0 Å². The summed E-state index contributed by atoms with van der Waals surface area (Å²) < 4.78 is 33.1. The molecule has 5 nitrogen and oxygen atoms in total. The number of hydrogen-bond donors (Lipinski definition) is 2. The van der Waals surface area contributed by atoms with Crippen molar-refractivity contribution in [3.8, 4) is 11.1 Å². The monoisotopic (exact) mass is 423 g/mol. The molecular formula is C24H19F2NO4. The summed E-state index contributed by atoms with van der Waals surface area (Å²) in [4.78, 5) is 23.6. The molecule has 0 saturated heterocycles. The molecule has 0 unspecified atom stereocenters. The van der Waals surface area contributed by atoms with E-state index in [-0.39, 0.29) is 18.1 Å². The van der Waals surface area contributed by atoms with Crippen molar-refractivity contribution >= 4 is 12.1 Å². The summed E-state index contributed by atoms with van der Waals surface area (Å²) in [7, 11) is 0. The molecule has 0 spiro atoms. The molecular weight excluding hydrogens is 404 g/mol. The van der Waals surface area contributed by atoms with Gasteiger partial charge in [-0.1, -0.05) is 60.7 Å². The Hall–Kier alpha value is -3.74. The van der Waals surface area contributed by atoms with Crippen LogP contribution in [0.4, 0.5) is 13.6 Å². The van der Waals surface area contributed by atoms with Crippen LogP contribution in [0.15, 0.2) is 66.7 Å². The minimum Gasteiger partial charge on any atom is -0.481 e. The quantitative estimate of drug-likeness (QED) is 0.584. The minimum atomic E-state index is -1.27. The molecule has 4 rings (SSSR count). The first kappa shape index (κ1) is 20.5. The topological polar surface area (TPSA) is 75.6 Å². The fraction of sp³-hybridized carbons (Fsp3) is 0.167. The first-order valence-electron chi connectivity index (χ1n) is 9.73. The summed E-state index contributed by atoms with van der Waals surface area (Å²) in [6.07, 6.45) is -1.53. The van der Waals surface area contributed by atoms with Crippen LogP contribution >= 0.6 is 0 Å². The normalized spacial score (nSPS) is 13.2. The van der Waals surface area contributed by atoms with Gasteiger partial charge in [-0.25, -0.2) is 13.6 Å². The van der Waals surface area contributed by atoms with Gasteiger partial charge in [0.25, 0.3) is 0 Å². The highest BCUT2D eigenvalue weighted by Gasteiger charge is 2.30. The molecule has 2 N–H and O–H groups in total. The molecule has 0 saturated carbocycles. The molecule has 1 amide bonds. The Morgan fingerprint density at radius 3 is 2.16 bits per heavy atom. The predicted molar refractivity (Wildman–Crippen MR) is 110 cm³/mol. The van der Waals surface area contributed by atoms with Crippen LogP contribution in [-0.2, 0) is 9.53 Å². The van der Waals surface area contributed by atoms with Gasteiger partial charge in [0.15, 0.2) is 11.6 Å². The smallest absolute Gasteiger partial charge is 0.407 e. The third-order valence-corrected chi connectivity index (χ3v) is 5.37. The second-order valence-corrected chi connectivity index (χ2v) is 7.26. The van der Waals surface area contributed by atoms with Gasteiger partial charge < -0.3 is 15.2 Å². The number of hydrogen-bond acceptors (Lipinski definition) is 3. The standard InChI is InChI=1S/C24H19F2NO4/c25-20-11-5-10-18(23(20)26)21(12-22(28)29)27-24(30)31-13-19-16-8-3-1-6-14(16)15-7-2-4-9-17(15)19/h1-11,19,21H,12-13H2,(H,27,30)(H,28,29)/t21-/m0/s1. The molecule has 3 aromatic carbocycles. The van der Waals surface area contributed by atoms with E-state index in [4.69, 9.17) is 9.84 Å². The van der Waals surface area contributed by atoms with Crippen molar-refractivity contribution in [2.75, 3.05) is 6.61 Å². The van der Waals surface area contributed by atoms with Crippen LogP contribution in [0.3, 0.4) is 0 Å². The van der Waals surface area contributed by atoms with Crippen LogP contribution in [0.25, 0.3) is 11.1 Å². The summed E-state index contributed by atoms with van der Waals surface area (Å²) in [6.45, 7) is 0.0191. The minimum absolute atomic E-state index is 0.0191. The fourth-order valence-electron chi connectivity index (χ4n) is 3.99. The Kier molecular flexibility index (Phi) is 5.66. The third-order valence-electron chi connectivity index (χ3n) is 5.37. The van der Waals surface area contributed by atoms with Gasteiger partial charge in [0.2, 0.25) is 0 Å². The predicted octanol–water partition coefficient (Wildman–Crippen LogP) is 5.02. The van der Waals surface area contributed by atoms with E-state index in [0.717, 1.165) is 28.3 Å². The number of fused-ring (bicyclic) bond motifs is 3. The number of carbonyl (C=O) groups excluding carboxylic acids is 1. The van der Waals surface area contributed by atoms with Crippen LogP contribution in [0.2, 0.25) is 0 Å². The van der Waals surface area contributed by atoms with E-state index < -0.39 is 36.2 Å². The van der Waals surface area contributed by atoms with Crippen LogP contribution in [0, 0.1) is 11.6 Å². The molecule has 3 aromatic rings. The van der Waals surface area contributed by atoms with E-state index in [1.54, 1.807) is 0 Å². The number of benzene rings is 3. The highest BCUT2D eigenvalue weighted by Crippen LogP contribution is 2.44. The zero-order chi connectivity index (χ0) is 22.0. The van der Waals surface area contributed by atoms with Crippen LogP contribution < -0.4 is 5.32 Å². The second kappa shape index (κ2) is 8.55. The van der Waals surface area contributed by atoms with Gasteiger partial charge in [-0.2, -0.15) is 0 Å². The Balaban J connectivity index is 1.50. The van der Waals surface area contributed by atoms with Gasteiger partial charge in [-0.15, -0.1) is 0 Å². The van der Waals surface area contributed by atoms with Crippen LogP contribution in [0.5, 0.6) is 0 Å². The highest BCUT2D eigenvalue weighted by molar-refractivity contribution is 5.79. The van der Waals surface area contributed by atoms with Crippen LogP contribution in [0.1, 0.15) is 35.1 Å². The molecule has 31 heavy (non-hydrogen) atoms. The lowest BCUT2D eigenvalue weighted by molar-refractivity contribution is -0.137. The summed E-state index contributed by atoms with van der Waals surface area (Å²) in [5.41, 5.74) is 3.93. The zero-order valence-corrected chi connectivity index (χ0v) is 16.3. The van der Waals surface area contributed by atoms with Crippen molar-refractivity contribution in [1.29, 1.82) is 0 Å². The van der Waals surface area contributed by atoms with E-state index in [9.17, 15) is 18.4 Å². The maximum Gasteiger partial charge on any atom is 0.407 e. The van der Waals surface area contributed by atoms with E-state index in [2.05, 4.69) is 5.32 Å². The van der Waals surface area contributed by atoms with Crippen molar-refractivity contribution in [3.05, 3.63) is 95.1 Å². The highest BCUT2D eigenvalue weighted by atomic mass is 19.2. The number of carboxylic acid groups (broad SMARTS) is 1. The summed E-state index contributed by atoms with van der Waals surface area (Å²) in [6, 6.07) is 17.8. The molecule has 0 heterocycles. The Morgan fingerprint density at radius 2 is 1.55 bits per heavy atom. The molecule has 0 bridgehead atoms. The lowest BCUT2D eigenvalue weighted by Gasteiger charge is -2.19. The van der Waals surface area contributed by atoms with Gasteiger partial charge in [-0.05, 0) is 28.3 Å². The molecule has 0 aliphatic heterocycles. The number of nitrogens with one attached hydrogen (secondary N) is 1. The Morgan fingerprint density at radius 1 is 0.935 bits per heavy atom. The maximum atomic E-state index is 14.2. The molecule has 0 radical (unpaired) electrons. The van der Waals surface area contributed by atoms with Gasteiger partial charge >= 0.3 is 12.1 Å². The third kappa shape index (κ3) is 4.12. The Labute approximate surface area is 177 Å². The van der Waals surface area contributed by atoms with Crippen molar-refractivity contribution in [1.82, 2.24) is 5.32 Å². The van der Waals surface area contributed by atoms with Crippen molar-refractivity contribution in [3.63, 3.8) is 0 Å².